The van der Waals surface area contributed by atoms with Crippen molar-refractivity contribution in [3.63, 3.8) is 0 Å². The summed E-state index contributed by atoms with van der Waals surface area (Å²) in [7, 11) is -0.448. The molecule has 0 atom stereocenters. The Morgan fingerprint density at radius 3 is 2.05 bits per heavy atom. The van der Waals surface area contributed by atoms with Crippen LogP contribution in [0.15, 0.2) is 115 Å². The van der Waals surface area contributed by atoms with Gasteiger partial charge in [0.1, 0.15) is 0 Å². The number of nitrogens with zero attached hydrogens (tertiary/aromatic N) is 2. The van der Waals surface area contributed by atoms with Gasteiger partial charge in [0.25, 0.3) is 0 Å². The summed E-state index contributed by atoms with van der Waals surface area (Å²) in [6.45, 7) is 8.34. The molecule has 0 spiro atoms. The highest BCUT2D eigenvalue weighted by atomic mass is 16.7. The van der Waals surface area contributed by atoms with Gasteiger partial charge in [-0.1, -0.05) is 97.1 Å². The van der Waals surface area contributed by atoms with E-state index in [4.69, 9.17) is 19.3 Å². The van der Waals surface area contributed by atoms with Crippen LogP contribution in [0.3, 0.4) is 0 Å². The van der Waals surface area contributed by atoms with E-state index in [1.807, 2.05) is 6.07 Å². The lowest BCUT2D eigenvalue weighted by atomic mass is 9.78. The maximum absolute atomic E-state index is 6.41. The maximum atomic E-state index is 6.41. The summed E-state index contributed by atoms with van der Waals surface area (Å²) < 4.78 is 12.8. The van der Waals surface area contributed by atoms with E-state index in [2.05, 4.69) is 137 Å². The fourth-order valence-corrected chi connectivity index (χ4v) is 6.14. The molecule has 5 heteroatoms. The van der Waals surface area contributed by atoms with Crippen molar-refractivity contribution < 1.29 is 9.31 Å². The molecule has 0 aliphatic carbocycles. The van der Waals surface area contributed by atoms with E-state index in [0.29, 0.717) is 0 Å². The molecule has 0 saturated carbocycles. The Morgan fingerprint density at radius 2 is 1.26 bits per heavy atom. The summed E-state index contributed by atoms with van der Waals surface area (Å²) in [6.07, 6.45) is 0. The van der Waals surface area contributed by atoms with Crippen molar-refractivity contribution in [1.29, 1.82) is 0 Å². The molecule has 5 aromatic carbocycles. The first kappa shape index (κ1) is 26.1. The molecule has 1 aliphatic heterocycles. The van der Waals surface area contributed by atoms with Crippen molar-refractivity contribution in [2.75, 3.05) is 0 Å². The van der Waals surface area contributed by atoms with Gasteiger partial charge >= 0.3 is 7.12 Å². The Labute approximate surface area is 251 Å². The molecule has 0 unspecified atom stereocenters. The molecule has 1 saturated heterocycles. The molecule has 208 valence electrons. The largest absolute Gasteiger partial charge is 0.494 e. The van der Waals surface area contributed by atoms with Gasteiger partial charge in [-0.05, 0) is 67.5 Å². The molecule has 1 fully saturated rings. The van der Waals surface area contributed by atoms with Gasteiger partial charge in [0.05, 0.1) is 33.6 Å². The fraction of sp³-hybridized carbons (Fsp3) is 0.158. The van der Waals surface area contributed by atoms with Crippen LogP contribution >= 0.6 is 0 Å². The van der Waals surface area contributed by atoms with Crippen LogP contribution in [0.25, 0.3) is 65.9 Å². The average molecular weight is 558 g/mol. The van der Waals surface area contributed by atoms with E-state index in [9.17, 15) is 0 Å². The van der Waals surface area contributed by atoms with Crippen molar-refractivity contribution >= 4 is 55.9 Å². The Kier molecular flexibility index (Phi) is 5.74. The van der Waals surface area contributed by atoms with Gasteiger partial charge in [-0.2, -0.15) is 0 Å². The monoisotopic (exact) mass is 558 g/mol. The van der Waals surface area contributed by atoms with Gasteiger partial charge < -0.3 is 9.31 Å². The molecule has 0 bridgehead atoms. The normalized spacial score (nSPS) is 16.0. The zero-order valence-corrected chi connectivity index (χ0v) is 24.8. The number of aromatic nitrogens is 2. The third-order valence-electron chi connectivity index (χ3n) is 9.26. The van der Waals surface area contributed by atoms with Crippen LogP contribution in [0.1, 0.15) is 27.7 Å². The number of pyridine rings is 2. The zero-order chi connectivity index (χ0) is 29.3. The van der Waals surface area contributed by atoms with E-state index < -0.39 is 18.3 Å². The lowest BCUT2D eigenvalue weighted by Gasteiger charge is -2.32. The number of hydrogen-bond donors (Lipinski definition) is 0. The van der Waals surface area contributed by atoms with Crippen molar-refractivity contribution in [3.05, 3.63) is 115 Å². The third kappa shape index (κ3) is 4.23. The minimum absolute atomic E-state index is 0.413. The molecule has 0 radical (unpaired) electrons. The molecule has 0 amide bonds. The molecular formula is C38H31BN2O2. The second-order valence-electron chi connectivity index (χ2n) is 12.5. The van der Waals surface area contributed by atoms with Crippen LogP contribution in [0.5, 0.6) is 0 Å². The van der Waals surface area contributed by atoms with Crippen LogP contribution in [0.4, 0.5) is 0 Å². The van der Waals surface area contributed by atoms with Crippen LogP contribution in [-0.2, 0) is 9.31 Å². The quantitative estimate of drug-likeness (QED) is 0.161. The zero-order valence-electron chi connectivity index (χ0n) is 24.8. The lowest BCUT2D eigenvalue weighted by Crippen LogP contribution is -2.41. The van der Waals surface area contributed by atoms with E-state index in [1.54, 1.807) is 0 Å². The summed E-state index contributed by atoms with van der Waals surface area (Å²) in [6, 6.07) is 40.4. The average Bonchev–Trinajstić information content (AvgIpc) is 3.26. The standard InChI is InChI=1S/C38H31BN2O2/c1-37(2)38(3,4)43-39(42-37)29-18-21-33-31(23-29)30-19-16-26-17-20-32(28-15-14-24-10-8-9-13-27(24)22-28)40-36(26)34(30)35(41-33)25-11-6-5-7-12-25/h5-23H,1-4H3. The Morgan fingerprint density at radius 1 is 0.558 bits per heavy atom. The smallest absolute Gasteiger partial charge is 0.399 e. The van der Waals surface area contributed by atoms with Crippen LogP contribution in [0, 0.1) is 0 Å². The Hall–Kier alpha value is -4.58. The first-order valence-corrected chi connectivity index (χ1v) is 14.8. The molecule has 8 rings (SSSR count). The molecule has 3 heterocycles. The number of rotatable bonds is 3. The highest BCUT2D eigenvalue weighted by Gasteiger charge is 2.51. The number of hydrogen-bond acceptors (Lipinski definition) is 4. The van der Waals surface area contributed by atoms with E-state index >= 15 is 0 Å². The van der Waals surface area contributed by atoms with Gasteiger partial charge in [-0.15, -0.1) is 0 Å². The van der Waals surface area contributed by atoms with Crippen LogP contribution in [0.2, 0.25) is 0 Å². The minimum atomic E-state index is -0.448. The first-order valence-electron chi connectivity index (χ1n) is 14.8. The molecule has 1 aliphatic rings. The van der Waals surface area contributed by atoms with Crippen LogP contribution in [-0.4, -0.2) is 28.3 Å². The van der Waals surface area contributed by atoms with Gasteiger partial charge in [0.15, 0.2) is 0 Å². The van der Waals surface area contributed by atoms with Crippen molar-refractivity contribution in [1.82, 2.24) is 9.97 Å². The van der Waals surface area contributed by atoms with E-state index in [1.165, 1.54) is 10.8 Å². The van der Waals surface area contributed by atoms with Crippen molar-refractivity contribution in [3.8, 4) is 22.5 Å². The summed E-state index contributed by atoms with van der Waals surface area (Å²) in [5.41, 5.74) is 6.06. The summed E-state index contributed by atoms with van der Waals surface area (Å²) >= 11 is 0. The van der Waals surface area contributed by atoms with Crippen molar-refractivity contribution in [2.24, 2.45) is 0 Å². The lowest BCUT2D eigenvalue weighted by molar-refractivity contribution is 0.00578. The predicted octanol–water partition coefficient (Wildman–Crippen LogP) is 8.72. The number of benzene rings is 5. The SMILES string of the molecule is CC1(C)OB(c2ccc3nc(-c4ccccc4)c4c(ccc5ccc(-c6ccc7ccccc7c6)nc54)c3c2)OC1(C)C. The fourth-order valence-electron chi connectivity index (χ4n) is 6.14. The highest BCUT2D eigenvalue weighted by molar-refractivity contribution is 6.62. The molecule has 0 N–H and O–H groups in total. The molecule has 2 aromatic heterocycles. The number of fused-ring (bicyclic) bond motifs is 6. The molecular weight excluding hydrogens is 527 g/mol. The van der Waals surface area contributed by atoms with Crippen LogP contribution < -0.4 is 5.46 Å². The Balaban J connectivity index is 1.38. The van der Waals surface area contributed by atoms with E-state index in [-0.39, 0.29) is 0 Å². The van der Waals surface area contributed by atoms with Gasteiger partial charge in [-0.3, -0.25) is 0 Å². The highest BCUT2D eigenvalue weighted by Crippen LogP contribution is 2.39. The summed E-state index contributed by atoms with van der Waals surface area (Å²) in [4.78, 5) is 10.6. The third-order valence-corrected chi connectivity index (χ3v) is 9.26. The summed E-state index contributed by atoms with van der Waals surface area (Å²) in [5, 5.41) is 6.71. The predicted molar refractivity (Wildman–Crippen MR) is 179 cm³/mol. The van der Waals surface area contributed by atoms with Crippen molar-refractivity contribution in [2.45, 2.75) is 38.9 Å². The summed E-state index contributed by atoms with van der Waals surface area (Å²) in [5.74, 6) is 0. The molecule has 4 nitrogen and oxygen atoms in total. The topological polar surface area (TPSA) is 44.2 Å². The molecule has 7 aromatic rings. The van der Waals surface area contributed by atoms with Gasteiger partial charge in [-0.25, -0.2) is 9.97 Å². The molecule has 43 heavy (non-hydrogen) atoms. The van der Waals surface area contributed by atoms with E-state index in [0.717, 1.165) is 60.6 Å². The maximum Gasteiger partial charge on any atom is 0.494 e. The minimum Gasteiger partial charge on any atom is -0.399 e. The second-order valence-corrected chi connectivity index (χ2v) is 12.5. The second kappa shape index (κ2) is 9.47. The Bertz CT molecular complexity index is 2190. The first-order chi connectivity index (χ1) is 20.8. The van der Waals surface area contributed by atoms with Gasteiger partial charge in [0.2, 0.25) is 0 Å². The van der Waals surface area contributed by atoms with Gasteiger partial charge in [0, 0.05) is 27.3 Å².